The first-order valence-electron chi connectivity index (χ1n) is 7.11. The van der Waals surface area contributed by atoms with Crippen LogP contribution < -0.4 is 15.8 Å². The highest BCUT2D eigenvalue weighted by atomic mass is 16.5. The molecule has 0 aliphatic carbocycles. The second-order valence-electron chi connectivity index (χ2n) is 5.59. The number of nitrogens with one attached hydrogen (secondary N) is 1. The van der Waals surface area contributed by atoms with Crippen molar-refractivity contribution in [2.45, 2.75) is 39.3 Å². The molecular formula is C16H23N3O2. The first kappa shape index (κ1) is 17.0. The van der Waals surface area contributed by atoms with Gasteiger partial charge in [0.05, 0.1) is 23.7 Å². The lowest BCUT2D eigenvalue weighted by atomic mass is 10.0. The van der Waals surface area contributed by atoms with E-state index in [2.05, 4.69) is 5.32 Å². The Morgan fingerprint density at radius 3 is 2.48 bits per heavy atom. The first-order valence-corrected chi connectivity index (χ1v) is 7.11. The molecule has 114 valence electrons. The average molecular weight is 289 g/mol. The molecule has 0 saturated heterocycles. The molecule has 1 aromatic carbocycles. The zero-order valence-corrected chi connectivity index (χ0v) is 12.8. The fraction of sp³-hybridized carbons (Fsp3) is 0.500. The number of rotatable bonds is 7. The quantitative estimate of drug-likeness (QED) is 0.801. The van der Waals surface area contributed by atoms with Crippen LogP contribution in [0.5, 0.6) is 5.75 Å². The van der Waals surface area contributed by atoms with Crippen LogP contribution in [0.15, 0.2) is 24.3 Å². The molecule has 3 N–H and O–H groups in total. The van der Waals surface area contributed by atoms with E-state index >= 15 is 0 Å². The van der Waals surface area contributed by atoms with Gasteiger partial charge in [0.1, 0.15) is 12.4 Å². The van der Waals surface area contributed by atoms with Gasteiger partial charge in [-0.15, -0.1) is 0 Å². The van der Waals surface area contributed by atoms with Crippen molar-refractivity contribution in [2.75, 3.05) is 6.61 Å². The van der Waals surface area contributed by atoms with E-state index in [1.165, 1.54) is 0 Å². The van der Waals surface area contributed by atoms with Gasteiger partial charge in [0, 0.05) is 0 Å². The number of carbonyl (C=O) groups is 1. The predicted octanol–water partition coefficient (Wildman–Crippen LogP) is 1.82. The molecule has 1 aromatic rings. The van der Waals surface area contributed by atoms with Crippen molar-refractivity contribution in [1.29, 1.82) is 5.26 Å². The topological polar surface area (TPSA) is 88.1 Å². The maximum Gasteiger partial charge on any atom is 0.237 e. The lowest BCUT2D eigenvalue weighted by molar-refractivity contribution is -0.123. The van der Waals surface area contributed by atoms with Gasteiger partial charge in [-0.2, -0.15) is 5.26 Å². The lowest BCUT2D eigenvalue weighted by Gasteiger charge is -2.19. The van der Waals surface area contributed by atoms with Crippen molar-refractivity contribution in [2.24, 2.45) is 11.7 Å². The number of nitriles is 1. The molecule has 0 radical (unpaired) electrons. The van der Waals surface area contributed by atoms with Crippen LogP contribution in [0, 0.1) is 17.2 Å². The Morgan fingerprint density at radius 2 is 1.95 bits per heavy atom. The van der Waals surface area contributed by atoms with Crippen molar-refractivity contribution in [3.8, 4) is 11.8 Å². The van der Waals surface area contributed by atoms with Gasteiger partial charge in [-0.1, -0.05) is 13.8 Å². The van der Waals surface area contributed by atoms with Crippen LogP contribution in [0.1, 0.15) is 32.8 Å². The Morgan fingerprint density at radius 1 is 1.33 bits per heavy atom. The van der Waals surface area contributed by atoms with E-state index in [-0.39, 0.29) is 11.9 Å². The molecule has 0 heterocycles. The van der Waals surface area contributed by atoms with Crippen molar-refractivity contribution in [3.05, 3.63) is 29.8 Å². The summed E-state index contributed by atoms with van der Waals surface area (Å²) >= 11 is 0. The molecule has 0 spiro atoms. The van der Waals surface area contributed by atoms with E-state index in [1.807, 2.05) is 26.8 Å². The monoisotopic (exact) mass is 289 g/mol. The van der Waals surface area contributed by atoms with Crippen molar-refractivity contribution in [1.82, 2.24) is 5.32 Å². The van der Waals surface area contributed by atoms with E-state index in [1.54, 1.807) is 24.3 Å². The molecule has 0 aliphatic heterocycles. The maximum atomic E-state index is 11.9. The number of nitrogens with two attached hydrogens (primary N) is 1. The highest BCUT2D eigenvalue weighted by Crippen LogP contribution is 2.11. The zero-order valence-electron chi connectivity index (χ0n) is 12.8. The summed E-state index contributed by atoms with van der Waals surface area (Å²) in [5.74, 6) is 0.900. The van der Waals surface area contributed by atoms with Gasteiger partial charge in [-0.05, 0) is 43.5 Å². The number of amides is 1. The summed E-state index contributed by atoms with van der Waals surface area (Å²) in [5, 5.41) is 11.5. The summed E-state index contributed by atoms with van der Waals surface area (Å²) < 4.78 is 5.56. The molecule has 0 bridgehead atoms. The molecule has 1 amide bonds. The summed E-state index contributed by atoms with van der Waals surface area (Å²) in [7, 11) is 0. The van der Waals surface area contributed by atoms with E-state index in [0.29, 0.717) is 30.3 Å². The Balaban J connectivity index is 2.37. The summed E-state index contributed by atoms with van der Waals surface area (Å²) in [6.45, 7) is 6.28. The van der Waals surface area contributed by atoms with Crippen LogP contribution in [-0.2, 0) is 4.79 Å². The van der Waals surface area contributed by atoms with Crippen LogP contribution in [-0.4, -0.2) is 24.6 Å². The fourth-order valence-corrected chi connectivity index (χ4v) is 1.85. The van der Waals surface area contributed by atoms with Crippen molar-refractivity contribution >= 4 is 5.91 Å². The molecule has 5 heteroatoms. The largest absolute Gasteiger partial charge is 0.491 e. The third-order valence-electron chi connectivity index (χ3n) is 2.93. The zero-order chi connectivity index (χ0) is 15.8. The number of carbonyl (C=O) groups excluding carboxylic acids is 1. The Hall–Kier alpha value is -2.06. The molecular weight excluding hydrogens is 266 g/mol. The molecule has 21 heavy (non-hydrogen) atoms. The highest BCUT2D eigenvalue weighted by Gasteiger charge is 2.17. The smallest absolute Gasteiger partial charge is 0.237 e. The molecule has 0 fully saturated rings. The predicted molar refractivity (Wildman–Crippen MR) is 81.7 cm³/mol. The first-order chi connectivity index (χ1) is 9.92. The van der Waals surface area contributed by atoms with Crippen LogP contribution >= 0.6 is 0 Å². The SMILES string of the molecule is CC(C)C[C@H](N)C(=O)NC(C)COc1ccc(C#N)cc1. The highest BCUT2D eigenvalue weighted by molar-refractivity contribution is 5.81. The van der Waals surface area contributed by atoms with Gasteiger partial charge in [0.25, 0.3) is 0 Å². The number of ether oxygens (including phenoxy) is 1. The van der Waals surface area contributed by atoms with Gasteiger partial charge >= 0.3 is 0 Å². The van der Waals surface area contributed by atoms with Crippen LogP contribution in [0.25, 0.3) is 0 Å². The number of nitrogens with zero attached hydrogens (tertiary/aromatic N) is 1. The number of benzene rings is 1. The minimum atomic E-state index is -0.484. The summed E-state index contributed by atoms with van der Waals surface area (Å²) in [5.41, 5.74) is 6.41. The van der Waals surface area contributed by atoms with Gasteiger partial charge < -0.3 is 15.8 Å². The molecule has 0 aliphatic rings. The molecule has 0 aromatic heterocycles. The van der Waals surface area contributed by atoms with Crippen molar-refractivity contribution in [3.63, 3.8) is 0 Å². The summed E-state index contributed by atoms with van der Waals surface area (Å²) in [6, 6.07) is 8.28. The van der Waals surface area contributed by atoms with E-state index in [0.717, 1.165) is 0 Å². The lowest BCUT2D eigenvalue weighted by Crippen LogP contribution is -2.46. The Kier molecular flexibility index (Phi) is 6.70. The van der Waals surface area contributed by atoms with Crippen LogP contribution in [0.2, 0.25) is 0 Å². The van der Waals surface area contributed by atoms with Gasteiger partial charge in [0.2, 0.25) is 5.91 Å². The average Bonchev–Trinajstić information content (AvgIpc) is 2.44. The van der Waals surface area contributed by atoms with Gasteiger partial charge in [-0.3, -0.25) is 4.79 Å². The van der Waals surface area contributed by atoms with E-state index in [4.69, 9.17) is 15.7 Å². The van der Waals surface area contributed by atoms with Crippen LogP contribution in [0.4, 0.5) is 0 Å². The standard InChI is InChI=1S/C16H23N3O2/c1-11(2)8-15(18)16(20)19-12(3)10-21-14-6-4-13(9-17)5-7-14/h4-7,11-12,15H,8,10,18H2,1-3H3,(H,19,20)/t12?,15-/m0/s1. The van der Waals surface area contributed by atoms with Gasteiger partial charge in [-0.25, -0.2) is 0 Å². The van der Waals surface area contributed by atoms with Gasteiger partial charge in [0.15, 0.2) is 0 Å². The molecule has 0 saturated carbocycles. The Labute approximate surface area is 126 Å². The minimum Gasteiger partial charge on any atom is -0.491 e. The molecule has 1 unspecified atom stereocenters. The second-order valence-corrected chi connectivity index (χ2v) is 5.59. The fourth-order valence-electron chi connectivity index (χ4n) is 1.85. The third-order valence-corrected chi connectivity index (χ3v) is 2.93. The third kappa shape index (κ3) is 6.28. The molecule has 2 atom stereocenters. The van der Waals surface area contributed by atoms with Crippen LogP contribution in [0.3, 0.4) is 0 Å². The molecule has 1 rings (SSSR count). The Bertz CT molecular complexity index is 491. The van der Waals surface area contributed by atoms with E-state index < -0.39 is 6.04 Å². The maximum absolute atomic E-state index is 11.9. The molecule has 5 nitrogen and oxygen atoms in total. The number of hydrogen-bond donors (Lipinski definition) is 2. The second kappa shape index (κ2) is 8.28. The summed E-state index contributed by atoms with van der Waals surface area (Å²) in [6.07, 6.45) is 0.662. The van der Waals surface area contributed by atoms with Crippen molar-refractivity contribution < 1.29 is 9.53 Å². The summed E-state index contributed by atoms with van der Waals surface area (Å²) in [4.78, 5) is 11.9. The van der Waals surface area contributed by atoms with E-state index in [9.17, 15) is 4.79 Å². The normalized spacial score (nSPS) is 13.3. The number of hydrogen-bond acceptors (Lipinski definition) is 4. The minimum absolute atomic E-state index is 0.133.